The molecule has 1 heterocycles. The van der Waals surface area contributed by atoms with E-state index in [9.17, 15) is 9.59 Å². The normalized spacial score (nSPS) is 24.9. The standard InChI is InChI=1S/C15H27N3O2/c16-14(19)11-18(13-8-5-9-17-10-13)15(20)12-6-3-1-2-4-7-12/h12-13,17H,1-11H2,(H2,16,19). The van der Waals surface area contributed by atoms with Gasteiger partial charge in [0.1, 0.15) is 0 Å². The lowest BCUT2D eigenvalue weighted by atomic mass is 9.96. The van der Waals surface area contributed by atoms with E-state index in [0.29, 0.717) is 0 Å². The molecule has 1 aliphatic heterocycles. The predicted molar refractivity (Wildman–Crippen MR) is 78.0 cm³/mol. The highest BCUT2D eigenvalue weighted by Gasteiger charge is 2.31. The number of nitrogens with one attached hydrogen (secondary N) is 1. The molecule has 2 amide bonds. The Kier molecular flexibility index (Phi) is 5.83. The molecule has 0 aromatic heterocycles. The molecule has 5 nitrogen and oxygen atoms in total. The summed E-state index contributed by atoms with van der Waals surface area (Å²) < 4.78 is 0. The molecule has 0 spiro atoms. The van der Waals surface area contributed by atoms with Crippen molar-refractivity contribution in [2.45, 2.75) is 57.4 Å². The molecule has 0 aromatic rings. The summed E-state index contributed by atoms with van der Waals surface area (Å²) in [5, 5.41) is 3.31. The van der Waals surface area contributed by atoms with Gasteiger partial charge in [0.2, 0.25) is 11.8 Å². The minimum Gasteiger partial charge on any atom is -0.368 e. The second-order valence-electron chi connectivity index (χ2n) is 6.12. The first-order chi connectivity index (χ1) is 9.68. The van der Waals surface area contributed by atoms with Gasteiger partial charge in [-0.1, -0.05) is 25.7 Å². The van der Waals surface area contributed by atoms with Crippen molar-refractivity contribution in [1.29, 1.82) is 0 Å². The maximum atomic E-state index is 12.8. The van der Waals surface area contributed by atoms with Crippen LogP contribution in [0.4, 0.5) is 0 Å². The Balaban J connectivity index is 2.03. The Labute approximate surface area is 121 Å². The van der Waals surface area contributed by atoms with Gasteiger partial charge in [-0.25, -0.2) is 0 Å². The van der Waals surface area contributed by atoms with E-state index < -0.39 is 5.91 Å². The first-order valence-electron chi connectivity index (χ1n) is 7.98. The molecule has 20 heavy (non-hydrogen) atoms. The van der Waals surface area contributed by atoms with Crippen molar-refractivity contribution in [3.63, 3.8) is 0 Å². The molecule has 114 valence electrons. The average Bonchev–Trinajstić information content (AvgIpc) is 2.74. The van der Waals surface area contributed by atoms with Crippen LogP contribution in [0.3, 0.4) is 0 Å². The first-order valence-corrected chi connectivity index (χ1v) is 7.98. The van der Waals surface area contributed by atoms with Gasteiger partial charge in [-0.3, -0.25) is 9.59 Å². The molecule has 0 bridgehead atoms. The van der Waals surface area contributed by atoms with Crippen LogP contribution in [-0.2, 0) is 9.59 Å². The van der Waals surface area contributed by atoms with Gasteiger partial charge >= 0.3 is 0 Å². The molecule has 3 N–H and O–H groups in total. The third kappa shape index (κ3) is 4.20. The summed E-state index contributed by atoms with van der Waals surface area (Å²) in [6, 6.07) is 0.131. The fourth-order valence-corrected chi connectivity index (χ4v) is 3.42. The Morgan fingerprint density at radius 3 is 2.30 bits per heavy atom. The zero-order valence-electron chi connectivity index (χ0n) is 12.3. The predicted octanol–water partition coefficient (Wildman–Crippen LogP) is 1.02. The second kappa shape index (κ2) is 7.62. The van der Waals surface area contributed by atoms with E-state index >= 15 is 0 Å². The average molecular weight is 281 g/mol. The number of carbonyl (C=O) groups excluding carboxylic acids is 2. The topological polar surface area (TPSA) is 75.4 Å². The summed E-state index contributed by atoms with van der Waals surface area (Å²) in [4.78, 5) is 25.8. The number of carbonyl (C=O) groups is 2. The zero-order chi connectivity index (χ0) is 14.4. The van der Waals surface area contributed by atoms with E-state index in [0.717, 1.165) is 51.6 Å². The number of rotatable bonds is 4. The van der Waals surface area contributed by atoms with Gasteiger partial charge in [-0.2, -0.15) is 0 Å². The number of piperidine rings is 1. The fraction of sp³-hybridized carbons (Fsp3) is 0.867. The van der Waals surface area contributed by atoms with E-state index in [1.165, 1.54) is 12.8 Å². The van der Waals surface area contributed by atoms with Crippen molar-refractivity contribution in [3.05, 3.63) is 0 Å². The molecular weight excluding hydrogens is 254 g/mol. The summed E-state index contributed by atoms with van der Waals surface area (Å²) >= 11 is 0. The highest BCUT2D eigenvalue weighted by atomic mass is 16.2. The van der Waals surface area contributed by atoms with E-state index in [4.69, 9.17) is 5.73 Å². The monoisotopic (exact) mass is 281 g/mol. The van der Waals surface area contributed by atoms with Crippen LogP contribution in [0.15, 0.2) is 0 Å². The summed E-state index contributed by atoms with van der Waals surface area (Å²) in [5.41, 5.74) is 5.34. The summed E-state index contributed by atoms with van der Waals surface area (Å²) in [6.45, 7) is 1.85. The highest BCUT2D eigenvalue weighted by Crippen LogP contribution is 2.26. The molecule has 1 aliphatic carbocycles. The Morgan fingerprint density at radius 2 is 1.75 bits per heavy atom. The van der Waals surface area contributed by atoms with Crippen LogP contribution < -0.4 is 11.1 Å². The lowest BCUT2D eigenvalue weighted by molar-refractivity contribution is -0.142. The quantitative estimate of drug-likeness (QED) is 0.756. The summed E-state index contributed by atoms with van der Waals surface area (Å²) in [6.07, 6.45) is 8.67. The van der Waals surface area contributed by atoms with E-state index in [-0.39, 0.29) is 24.4 Å². The van der Waals surface area contributed by atoms with Crippen LogP contribution in [-0.4, -0.2) is 42.4 Å². The first kappa shape index (κ1) is 15.3. The molecule has 1 saturated heterocycles. The van der Waals surface area contributed by atoms with Gasteiger partial charge in [-0.05, 0) is 32.2 Å². The van der Waals surface area contributed by atoms with E-state index in [1.54, 1.807) is 4.90 Å². The van der Waals surface area contributed by atoms with Crippen LogP contribution in [0.5, 0.6) is 0 Å². The van der Waals surface area contributed by atoms with Gasteiger partial charge in [0.15, 0.2) is 0 Å². The van der Waals surface area contributed by atoms with Crippen LogP contribution in [0.2, 0.25) is 0 Å². The summed E-state index contributed by atoms with van der Waals surface area (Å²) in [7, 11) is 0. The van der Waals surface area contributed by atoms with Crippen molar-refractivity contribution in [2.75, 3.05) is 19.6 Å². The lowest BCUT2D eigenvalue weighted by Crippen LogP contribution is -2.53. The van der Waals surface area contributed by atoms with Crippen LogP contribution in [0.25, 0.3) is 0 Å². The van der Waals surface area contributed by atoms with Crippen molar-refractivity contribution >= 4 is 11.8 Å². The molecule has 2 rings (SSSR count). The third-order valence-corrected chi connectivity index (χ3v) is 4.53. The van der Waals surface area contributed by atoms with Gasteiger partial charge in [0.05, 0.1) is 6.54 Å². The molecule has 5 heteroatoms. The van der Waals surface area contributed by atoms with Crippen molar-refractivity contribution in [3.8, 4) is 0 Å². The zero-order valence-corrected chi connectivity index (χ0v) is 12.3. The highest BCUT2D eigenvalue weighted by molar-refractivity contribution is 5.85. The molecule has 2 aliphatic rings. The van der Waals surface area contributed by atoms with Crippen molar-refractivity contribution in [2.24, 2.45) is 11.7 Å². The fourth-order valence-electron chi connectivity index (χ4n) is 3.42. The molecule has 0 radical (unpaired) electrons. The third-order valence-electron chi connectivity index (χ3n) is 4.53. The number of primary amides is 1. The largest absolute Gasteiger partial charge is 0.368 e. The number of hydrogen-bond donors (Lipinski definition) is 2. The number of amides is 2. The Bertz CT molecular complexity index is 332. The van der Waals surface area contributed by atoms with Crippen molar-refractivity contribution in [1.82, 2.24) is 10.2 Å². The van der Waals surface area contributed by atoms with Gasteiger partial charge in [0, 0.05) is 18.5 Å². The van der Waals surface area contributed by atoms with Gasteiger partial charge in [0.25, 0.3) is 0 Å². The maximum absolute atomic E-state index is 12.8. The molecular formula is C15H27N3O2. The second-order valence-corrected chi connectivity index (χ2v) is 6.12. The maximum Gasteiger partial charge on any atom is 0.237 e. The number of hydrogen-bond acceptors (Lipinski definition) is 3. The van der Waals surface area contributed by atoms with Crippen LogP contribution in [0.1, 0.15) is 51.4 Å². The minimum atomic E-state index is -0.405. The molecule has 1 saturated carbocycles. The minimum absolute atomic E-state index is 0.0711. The van der Waals surface area contributed by atoms with E-state index in [1.807, 2.05) is 0 Å². The van der Waals surface area contributed by atoms with Crippen molar-refractivity contribution < 1.29 is 9.59 Å². The van der Waals surface area contributed by atoms with Gasteiger partial charge in [-0.15, -0.1) is 0 Å². The molecule has 1 unspecified atom stereocenters. The van der Waals surface area contributed by atoms with E-state index in [2.05, 4.69) is 5.32 Å². The Hall–Kier alpha value is -1.10. The number of nitrogens with zero attached hydrogens (tertiary/aromatic N) is 1. The molecule has 0 aromatic carbocycles. The smallest absolute Gasteiger partial charge is 0.237 e. The SMILES string of the molecule is NC(=O)CN(C(=O)C1CCCCCC1)C1CCCNC1. The van der Waals surface area contributed by atoms with Gasteiger partial charge < -0.3 is 16.0 Å². The number of nitrogens with two attached hydrogens (primary N) is 1. The van der Waals surface area contributed by atoms with Crippen LogP contribution >= 0.6 is 0 Å². The lowest BCUT2D eigenvalue weighted by Gasteiger charge is -2.36. The Morgan fingerprint density at radius 1 is 1.05 bits per heavy atom. The van der Waals surface area contributed by atoms with Crippen LogP contribution in [0, 0.1) is 5.92 Å². The molecule has 1 atom stereocenters. The molecule has 2 fully saturated rings. The summed E-state index contributed by atoms with van der Waals surface area (Å²) in [5.74, 6) is -0.157.